The van der Waals surface area contributed by atoms with E-state index in [0.29, 0.717) is 26.2 Å². The van der Waals surface area contributed by atoms with Crippen molar-refractivity contribution in [1.29, 1.82) is 0 Å². The van der Waals surface area contributed by atoms with Crippen LogP contribution in [0, 0.1) is 12.8 Å². The number of thiophene rings is 1. The Labute approximate surface area is 185 Å². The van der Waals surface area contributed by atoms with E-state index in [1.54, 1.807) is 38.1 Å². The minimum atomic E-state index is -0.546. The molecular weight excluding hydrogens is 424 g/mol. The summed E-state index contributed by atoms with van der Waals surface area (Å²) in [5, 5.41) is 6.62. The van der Waals surface area contributed by atoms with Gasteiger partial charge in [0.2, 0.25) is 5.91 Å². The zero-order valence-corrected chi connectivity index (χ0v) is 18.6. The lowest BCUT2D eigenvalue weighted by molar-refractivity contribution is -0.120. The molecule has 1 aromatic heterocycles. The first-order chi connectivity index (χ1) is 14.4. The molecule has 1 aromatic carbocycles. The van der Waals surface area contributed by atoms with Crippen molar-refractivity contribution in [3.63, 3.8) is 0 Å². The summed E-state index contributed by atoms with van der Waals surface area (Å²) < 4.78 is 5.17. The molecule has 8 heteroatoms. The number of halogens is 1. The first kappa shape index (κ1) is 22.3. The lowest BCUT2D eigenvalue weighted by atomic mass is 9.89. The van der Waals surface area contributed by atoms with Crippen LogP contribution >= 0.6 is 22.9 Å². The third-order valence-electron chi connectivity index (χ3n) is 5.15. The third-order valence-corrected chi connectivity index (χ3v) is 6.61. The number of anilines is 2. The van der Waals surface area contributed by atoms with Crippen LogP contribution in [0.15, 0.2) is 24.3 Å². The van der Waals surface area contributed by atoms with E-state index < -0.39 is 5.97 Å². The molecule has 0 saturated heterocycles. The van der Waals surface area contributed by atoms with Crippen LogP contribution in [0.25, 0.3) is 0 Å². The zero-order valence-electron chi connectivity index (χ0n) is 17.0. The molecule has 1 aliphatic carbocycles. The van der Waals surface area contributed by atoms with Crippen molar-refractivity contribution in [2.75, 3.05) is 17.2 Å². The first-order valence-corrected chi connectivity index (χ1v) is 11.3. The summed E-state index contributed by atoms with van der Waals surface area (Å²) in [7, 11) is 0. The smallest absolute Gasteiger partial charge is 0.341 e. The minimum Gasteiger partial charge on any atom is -0.462 e. The molecule has 1 heterocycles. The van der Waals surface area contributed by atoms with E-state index in [1.165, 1.54) is 0 Å². The molecule has 2 aromatic rings. The SMILES string of the molecule is CCOC(=O)c1c(NC(=O)C2CCCCC2)sc(C(=O)Nc2ccc(Cl)cc2)c1C. The molecular formula is C22H25ClN2O4S. The Morgan fingerprint density at radius 1 is 1.10 bits per heavy atom. The average Bonchev–Trinajstić information content (AvgIpc) is 3.06. The molecule has 160 valence electrons. The van der Waals surface area contributed by atoms with E-state index in [0.717, 1.165) is 43.4 Å². The molecule has 30 heavy (non-hydrogen) atoms. The van der Waals surface area contributed by atoms with Crippen LogP contribution < -0.4 is 10.6 Å². The molecule has 0 unspecified atom stereocenters. The van der Waals surface area contributed by atoms with Crippen LogP contribution in [-0.4, -0.2) is 24.4 Å². The van der Waals surface area contributed by atoms with Gasteiger partial charge < -0.3 is 15.4 Å². The average molecular weight is 449 g/mol. The first-order valence-electron chi connectivity index (χ1n) is 10.1. The summed E-state index contributed by atoms with van der Waals surface area (Å²) in [4.78, 5) is 38.5. The van der Waals surface area contributed by atoms with Gasteiger partial charge in [-0.05, 0) is 56.5 Å². The van der Waals surface area contributed by atoms with E-state index in [-0.39, 0.29) is 29.9 Å². The molecule has 6 nitrogen and oxygen atoms in total. The van der Waals surface area contributed by atoms with Crippen molar-refractivity contribution < 1.29 is 19.1 Å². The lowest BCUT2D eigenvalue weighted by Crippen LogP contribution is -2.25. The molecule has 2 amide bonds. The Morgan fingerprint density at radius 3 is 2.40 bits per heavy atom. The summed E-state index contributed by atoms with van der Waals surface area (Å²) in [6, 6.07) is 6.75. The fourth-order valence-electron chi connectivity index (χ4n) is 3.57. The van der Waals surface area contributed by atoms with Crippen LogP contribution in [0.1, 0.15) is 64.6 Å². The van der Waals surface area contributed by atoms with Crippen molar-refractivity contribution >= 4 is 51.4 Å². The summed E-state index contributed by atoms with van der Waals surface area (Å²) in [6.45, 7) is 3.61. The summed E-state index contributed by atoms with van der Waals surface area (Å²) >= 11 is 6.98. The number of carbonyl (C=O) groups excluding carboxylic acids is 3. The van der Waals surface area contributed by atoms with E-state index in [4.69, 9.17) is 16.3 Å². The van der Waals surface area contributed by atoms with E-state index >= 15 is 0 Å². The Morgan fingerprint density at radius 2 is 1.77 bits per heavy atom. The summed E-state index contributed by atoms with van der Waals surface area (Å²) in [6.07, 6.45) is 4.89. The number of rotatable bonds is 6. The molecule has 1 aliphatic rings. The van der Waals surface area contributed by atoms with Crippen molar-refractivity contribution in [1.82, 2.24) is 0 Å². The Balaban J connectivity index is 1.87. The van der Waals surface area contributed by atoms with Crippen LogP contribution in [0.3, 0.4) is 0 Å². The quantitative estimate of drug-likeness (QED) is 0.558. The topological polar surface area (TPSA) is 84.5 Å². The number of benzene rings is 1. The fraction of sp³-hybridized carbons (Fsp3) is 0.409. The molecule has 0 bridgehead atoms. The summed E-state index contributed by atoms with van der Waals surface area (Å²) in [5.41, 5.74) is 1.32. The van der Waals surface area contributed by atoms with Crippen molar-refractivity contribution in [3.8, 4) is 0 Å². The summed E-state index contributed by atoms with van der Waals surface area (Å²) in [5.74, 6) is -1.08. The number of carbonyl (C=O) groups is 3. The number of amides is 2. The van der Waals surface area contributed by atoms with Gasteiger partial charge in [-0.3, -0.25) is 9.59 Å². The van der Waals surface area contributed by atoms with Gasteiger partial charge in [0.1, 0.15) is 5.00 Å². The van der Waals surface area contributed by atoms with Crippen molar-refractivity contribution in [2.24, 2.45) is 5.92 Å². The molecule has 3 rings (SSSR count). The molecule has 0 spiro atoms. The highest BCUT2D eigenvalue weighted by Gasteiger charge is 2.29. The monoisotopic (exact) mass is 448 g/mol. The maximum Gasteiger partial charge on any atom is 0.341 e. The van der Waals surface area contributed by atoms with Crippen LogP contribution in [0.2, 0.25) is 5.02 Å². The second-order valence-corrected chi connectivity index (χ2v) is 8.72. The van der Waals surface area contributed by atoms with Gasteiger partial charge in [0.25, 0.3) is 5.91 Å². The van der Waals surface area contributed by atoms with Crippen LogP contribution in [0.5, 0.6) is 0 Å². The molecule has 1 fully saturated rings. The van der Waals surface area contributed by atoms with Gasteiger partial charge in [0, 0.05) is 16.6 Å². The second kappa shape index (κ2) is 10.1. The third kappa shape index (κ3) is 5.21. The van der Waals surface area contributed by atoms with Gasteiger partial charge >= 0.3 is 5.97 Å². The zero-order chi connectivity index (χ0) is 21.7. The van der Waals surface area contributed by atoms with Gasteiger partial charge in [-0.15, -0.1) is 11.3 Å². The maximum absolute atomic E-state index is 12.9. The molecule has 2 N–H and O–H groups in total. The molecule has 0 aliphatic heterocycles. The van der Waals surface area contributed by atoms with E-state index in [1.807, 2.05) is 0 Å². The number of nitrogens with one attached hydrogen (secondary N) is 2. The van der Waals surface area contributed by atoms with Gasteiger partial charge in [-0.25, -0.2) is 4.79 Å². The highest BCUT2D eigenvalue weighted by molar-refractivity contribution is 7.19. The van der Waals surface area contributed by atoms with Gasteiger partial charge in [0.15, 0.2) is 0 Å². The number of hydrogen-bond donors (Lipinski definition) is 2. The highest BCUT2D eigenvalue weighted by Crippen LogP contribution is 2.35. The number of ether oxygens (including phenoxy) is 1. The Hall–Kier alpha value is -2.38. The number of esters is 1. The van der Waals surface area contributed by atoms with E-state index in [2.05, 4.69) is 10.6 Å². The molecule has 0 atom stereocenters. The second-order valence-electron chi connectivity index (χ2n) is 7.27. The molecule has 0 radical (unpaired) electrons. The van der Waals surface area contributed by atoms with Crippen molar-refractivity contribution in [2.45, 2.75) is 46.0 Å². The van der Waals surface area contributed by atoms with Crippen LogP contribution in [0.4, 0.5) is 10.7 Å². The Kier molecular flexibility index (Phi) is 7.50. The highest BCUT2D eigenvalue weighted by atomic mass is 35.5. The maximum atomic E-state index is 12.9. The largest absolute Gasteiger partial charge is 0.462 e. The van der Waals surface area contributed by atoms with Gasteiger partial charge in [0.05, 0.1) is 17.0 Å². The normalized spacial score (nSPS) is 14.2. The van der Waals surface area contributed by atoms with Crippen molar-refractivity contribution in [3.05, 3.63) is 45.3 Å². The minimum absolute atomic E-state index is 0.0671. The predicted octanol–water partition coefficient (Wildman–Crippen LogP) is 5.66. The van der Waals surface area contributed by atoms with Gasteiger partial charge in [-0.2, -0.15) is 0 Å². The fourth-order valence-corrected chi connectivity index (χ4v) is 4.79. The van der Waals surface area contributed by atoms with Gasteiger partial charge in [-0.1, -0.05) is 30.9 Å². The molecule has 1 saturated carbocycles. The standard InChI is InChI=1S/C22H25ClN2O4S/c1-3-29-22(28)17-13(2)18(20(27)24-16-11-9-15(23)10-12-16)30-21(17)25-19(26)14-7-5-4-6-8-14/h9-12,14H,3-8H2,1-2H3,(H,24,27)(H,25,26). The predicted molar refractivity (Wildman–Crippen MR) is 120 cm³/mol. The lowest BCUT2D eigenvalue weighted by Gasteiger charge is -2.20. The van der Waals surface area contributed by atoms with E-state index in [9.17, 15) is 14.4 Å². The van der Waals surface area contributed by atoms with Crippen LogP contribution in [-0.2, 0) is 9.53 Å². The number of hydrogen-bond acceptors (Lipinski definition) is 5. The Bertz CT molecular complexity index is 933.